The Bertz CT molecular complexity index is 109. The maximum absolute atomic E-state index is 5.69. The van der Waals surface area contributed by atoms with Crippen molar-refractivity contribution in [3.8, 4) is 0 Å². The molecule has 1 atom stereocenters. The number of rotatable bonds is 7. The van der Waals surface area contributed by atoms with Crippen molar-refractivity contribution in [2.75, 3.05) is 26.2 Å². The van der Waals surface area contributed by atoms with E-state index in [2.05, 4.69) is 32.6 Å². The summed E-state index contributed by atoms with van der Waals surface area (Å²) in [6, 6.07) is 0. The second-order valence-corrected chi connectivity index (χ2v) is 4.26. The highest BCUT2D eigenvalue weighted by molar-refractivity contribution is 4.65. The van der Waals surface area contributed by atoms with Crippen molar-refractivity contribution in [3.05, 3.63) is 0 Å². The Morgan fingerprint density at radius 3 is 2.08 bits per heavy atom. The normalized spacial score (nSPS) is 14.1. The summed E-state index contributed by atoms with van der Waals surface area (Å²) in [6.07, 6.45) is 1.20. The highest BCUT2D eigenvalue weighted by atomic mass is 15.1. The van der Waals surface area contributed by atoms with Gasteiger partial charge in [0.15, 0.2) is 0 Å². The van der Waals surface area contributed by atoms with Gasteiger partial charge in [-0.15, -0.1) is 0 Å². The molecule has 0 radical (unpaired) electrons. The summed E-state index contributed by atoms with van der Waals surface area (Å²) in [5.74, 6) is 1.44. The molecule has 13 heavy (non-hydrogen) atoms. The highest BCUT2D eigenvalue weighted by Crippen LogP contribution is 2.06. The minimum atomic E-state index is 0.679. The van der Waals surface area contributed by atoms with E-state index in [9.17, 15) is 0 Å². The lowest BCUT2D eigenvalue weighted by atomic mass is 10.1. The van der Waals surface area contributed by atoms with Gasteiger partial charge in [0.2, 0.25) is 0 Å². The molecule has 0 aliphatic heterocycles. The van der Waals surface area contributed by atoms with Gasteiger partial charge in [-0.25, -0.2) is 0 Å². The summed E-state index contributed by atoms with van der Waals surface area (Å²) in [7, 11) is 0. The van der Waals surface area contributed by atoms with Crippen molar-refractivity contribution in [2.24, 2.45) is 17.6 Å². The quantitative estimate of drug-likeness (QED) is 0.658. The zero-order valence-corrected chi connectivity index (χ0v) is 9.71. The molecular weight excluding hydrogens is 160 g/mol. The van der Waals surface area contributed by atoms with E-state index in [-0.39, 0.29) is 0 Å². The Morgan fingerprint density at radius 2 is 1.77 bits per heavy atom. The van der Waals surface area contributed by atoms with E-state index >= 15 is 0 Å². The second kappa shape index (κ2) is 7.34. The van der Waals surface area contributed by atoms with Crippen molar-refractivity contribution in [3.63, 3.8) is 0 Å². The zero-order valence-electron chi connectivity index (χ0n) is 9.71. The molecule has 0 aliphatic carbocycles. The van der Waals surface area contributed by atoms with Crippen LogP contribution in [-0.4, -0.2) is 31.1 Å². The molecule has 2 N–H and O–H groups in total. The van der Waals surface area contributed by atoms with Crippen LogP contribution >= 0.6 is 0 Å². The Morgan fingerprint density at radius 1 is 1.15 bits per heavy atom. The predicted molar refractivity (Wildman–Crippen MR) is 59.8 cm³/mol. The lowest BCUT2D eigenvalue weighted by Gasteiger charge is -2.26. The van der Waals surface area contributed by atoms with Crippen molar-refractivity contribution < 1.29 is 0 Å². The van der Waals surface area contributed by atoms with Crippen molar-refractivity contribution in [1.29, 1.82) is 0 Å². The van der Waals surface area contributed by atoms with E-state index in [1.807, 2.05) is 0 Å². The standard InChI is InChI=1S/C11H26N2/c1-5-11(7-12)9-13(6-2)8-10(3)4/h10-11H,5-9,12H2,1-4H3. The van der Waals surface area contributed by atoms with Gasteiger partial charge in [-0.2, -0.15) is 0 Å². The van der Waals surface area contributed by atoms with Crippen LogP contribution in [0.15, 0.2) is 0 Å². The van der Waals surface area contributed by atoms with Gasteiger partial charge in [-0.05, 0) is 24.9 Å². The molecule has 0 saturated heterocycles. The molecule has 0 aliphatic rings. The number of nitrogens with two attached hydrogens (primary N) is 1. The van der Waals surface area contributed by atoms with Crippen LogP contribution < -0.4 is 5.73 Å². The molecule has 0 aromatic carbocycles. The average molecular weight is 186 g/mol. The summed E-state index contributed by atoms with van der Waals surface area (Å²) in [5.41, 5.74) is 5.69. The minimum Gasteiger partial charge on any atom is -0.330 e. The third-order valence-electron chi connectivity index (χ3n) is 2.50. The lowest BCUT2D eigenvalue weighted by molar-refractivity contribution is 0.217. The Kier molecular flexibility index (Phi) is 7.29. The summed E-state index contributed by atoms with van der Waals surface area (Å²) >= 11 is 0. The van der Waals surface area contributed by atoms with Crippen molar-refractivity contribution in [1.82, 2.24) is 4.90 Å². The van der Waals surface area contributed by atoms with E-state index in [0.29, 0.717) is 5.92 Å². The molecule has 0 spiro atoms. The third-order valence-corrected chi connectivity index (χ3v) is 2.50. The number of hydrogen-bond donors (Lipinski definition) is 1. The summed E-state index contributed by atoms with van der Waals surface area (Å²) in [4.78, 5) is 2.51. The van der Waals surface area contributed by atoms with Crippen LogP contribution in [0.25, 0.3) is 0 Å². The predicted octanol–water partition coefficient (Wildman–Crippen LogP) is 1.95. The maximum Gasteiger partial charge on any atom is 0.00216 e. The number of nitrogens with zero attached hydrogens (tertiary/aromatic N) is 1. The van der Waals surface area contributed by atoms with Gasteiger partial charge in [0, 0.05) is 13.1 Å². The van der Waals surface area contributed by atoms with E-state index in [1.54, 1.807) is 0 Å². The molecule has 0 amide bonds. The fourth-order valence-electron chi connectivity index (χ4n) is 1.58. The first-order chi connectivity index (χ1) is 6.13. The van der Waals surface area contributed by atoms with Gasteiger partial charge < -0.3 is 10.6 Å². The fourth-order valence-corrected chi connectivity index (χ4v) is 1.58. The first-order valence-electron chi connectivity index (χ1n) is 5.56. The lowest BCUT2D eigenvalue weighted by Crippen LogP contribution is -2.35. The third kappa shape index (κ3) is 6.05. The molecule has 1 unspecified atom stereocenters. The molecule has 0 fully saturated rings. The van der Waals surface area contributed by atoms with E-state index in [1.165, 1.54) is 19.5 Å². The van der Waals surface area contributed by atoms with Crippen LogP contribution in [0.2, 0.25) is 0 Å². The van der Waals surface area contributed by atoms with Crippen molar-refractivity contribution >= 4 is 0 Å². The molecule has 2 nitrogen and oxygen atoms in total. The van der Waals surface area contributed by atoms with Crippen LogP contribution in [0.4, 0.5) is 0 Å². The monoisotopic (exact) mass is 186 g/mol. The van der Waals surface area contributed by atoms with Gasteiger partial charge in [-0.1, -0.05) is 34.1 Å². The summed E-state index contributed by atoms with van der Waals surface area (Å²) in [6.45, 7) is 13.3. The Labute approximate surface area is 83.5 Å². The van der Waals surface area contributed by atoms with Gasteiger partial charge in [0.1, 0.15) is 0 Å². The van der Waals surface area contributed by atoms with Gasteiger partial charge in [0.05, 0.1) is 0 Å². The van der Waals surface area contributed by atoms with Crippen LogP contribution in [0.5, 0.6) is 0 Å². The molecule has 0 aromatic rings. The topological polar surface area (TPSA) is 29.3 Å². The second-order valence-electron chi connectivity index (χ2n) is 4.26. The molecule has 0 saturated carbocycles. The minimum absolute atomic E-state index is 0.679. The SMILES string of the molecule is CCC(CN)CN(CC)CC(C)C. The van der Waals surface area contributed by atoms with Crippen LogP contribution in [0.1, 0.15) is 34.1 Å². The highest BCUT2D eigenvalue weighted by Gasteiger charge is 2.10. The molecule has 80 valence electrons. The van der Waals surface area contributed by atoms with Crippen LogP contribution in [-0.2, 0) is 0 Å². The molecule has 0 heterocycles. The van der Waals surface area contributed by atoms with Crippen LogP contribution in [0, 0.1) is 11.8 Å². The molecule has 0 rings (SSSR count). The molecular formula is C11H26N2. The first-order valence-corrected chi connectivity index (χ1v) is 5.56. The molecule has 0 aromatic heterocycles. The van der Waals surface area contributed by atoms with E-state index in [0.717, 1.165) is 19.0 Å². The van der Waals surface area contributed by atoms with Crippen molar-refractivity contribution in [2.45, 2.75) is 34.1 Å². The molecule has 2 heteroatoms. The Balaban J connectivity index is 3.80. The Hall–Kier alpha value is -0.0800. The number of hydrogen-bond acceptors (Lipinski definition) is 2. The summed E-state index contributed by atoms with van der Waals surface area (Å²) in [5, 5.41) is 0. The van der Waals surface area contributed by atoms with E-state index in [4.69, 9.17) is 5.73 Å². The fraction of sp³-hybridized carbons (Fsp3) is 1.00. The average Bonchev–Trinajstić information content (AvgIpc) is 2.11. The largest absolute Gasteiger partial charge is 0.330 e. The smallest absolute Gasteiger partial charge is 0.00216 e. The summed E-state index contributed by atoms with van der Waals surface area (Å²) < 4.78 is 0. The van der Waals surface area contributed by atoms with Gasteiger partial charge >= 0.3 is 0 Å². The first kappa shape index (κ1) is 12.9. The van der Waals surface area contributed by atoms with E-state index < -0.39 is 0 Å². The van der Waals surface area contributed by atoms with Crippen LogP contribution in [0.3, 0.4) is 0 Å². The molecule has 0 bridgehead atoms. The maximum atomic E-state index is 5.69. The zero-order chi connectivity index (χ0) is 10.3. The van der Waals surface area contributed by atoms with Gasteiger partial charge in [-0.3, -0.25) is 0 Å². The van der Waals surface area contributed by atoms with Gasteiger partial charge in [0.25, 0.3) is 0 Å².